The van der Waals surface area contributed by atoms with Crippen molar-refractivity contribution in [1.82, 2.24) is 4.57 Å². The van der Waals surface area contributed by atoms with E-state index in [2.05, 4.69) is 167 Å². The SMILES string of the molecule is CCCCC1(CCCC)c2cc(Br)ccc2-c2ccc(NC(=O)c3c4ccccc4cn3-c3ccc4c(c3)C(CCCC)(CCCC)c3cc(Br)ccc3-4)cc21. The molecule has 0 atom stereocenters. The fraction of sp³-hybridized carbons (Fsp3) is 0.353. The number of amides is 1. The van der Waals surface area contributed by atoms with Crippen molar-refractivity contribution in [2.24, 2.45) is 0 Å². The maximum absolute atomic E-state index is 14.9. The van der Waals surface area contributed by atoms with Gasteiger partial charge in [0.25, 0.3) is 5.91 Å². The molecule has 0 spiro atoms. The van der Waals surface area contributed by atoms with Gasteiger partial charge in [0, 0.05) is 48.1 Å². The largest absolute Gasteiger partial charge is 0.321 e. The number of anilines is 1. The highest BCUT2D eigenvalue weighted by molar-refractivity contribution is 9.10. The summed E-state index contributed by atoms with van der Waals surface area (Å²) in [4.78, 5) is 14.9. The molecule has 0 unspecified atom stereocenters. The Labute approximate surface area is 350 Å². The van der Waals surface area contributed by atoms with Gasteiger partial charge in [-0.1, -0.05) is 159 Å². The van der Waals surface area contributed by atoms with Crippen LogP contribution in [-0.2, 0) is 10.8 Å². The first-order valence-electron chi connectivity index (χ1n) is 21.1. The highest BCUT2D eigenvalue weighted by atomic mass is 79.9. The van der Waals surface area contributed by atoms with Crippen LogP contribution in [0.4, 0.5) is 5.69 Å². The number of unbranched alkanes of at least 4 members (excludes halogenated alkanes) is 4. The van der Waals surface area contributed by atoms with Gasteiger partial charge in [0.2, 0.25) is 0 Å². The summed E-state index contributed by atoms with van der Waals surface area (Å²) in [5.41, 5.74) is 13.3. The number of aromatic nitrogens is 1. The molecular formula is C51H54Br2N2O. The van der Waals surface area contributed by atoms with E-state index in [0.29, 0.717) is 5.69 Å². The lowest BCUT2D eigenvalue weighted by molar-refractivity contribution is 0.102. The summed E-state index contributed by atoms with van der Waals surface area (Å²) in [6.45, 7) is 9.17. The molecule has 2 aliphatic rings. The van der Waals surface area contributed by atoms with Crippen LogP contribution in [0.5, 0.6) is 0 Å². The minimum absolute atomic E-state index is 0.0644. The fourth-order valence-electron chi connectivity index (χ4n) is 10.2. The molecule has 5 heteroatoms. The lowest BCUT2D eigenvalue weighted by atomic mass is 9.71. The number of rotatable bonds is 15. The van der Waals surface area contributed by atoms with Crippen LogP contribution in [0, 0.1) is 0 Å². The Kier molecular flexibility index (Phi) is 11.2. The summed E-state index contributed by atoms with van der Waals surface area (Å²) < 4.78 is 4.41. The normalized spacial score (nSPS) is 14.4. The molecule has 1 aromatic heterocycles. The number of carbonyl (C=O) groups excluding carboxylic acids is 1. The Morgan fingerprint density at radius 1 is 0.571 bits per heavy atom. The molecule has 1 N–H and O–H groups in total. The molecule has 0 radical (unpaired) electrons. The lowest BCUT2D eigenvalue weighted by Crippen LogP contribution is -2.26. The van der Waals surface area contributed by atoms with Crippen molar-refractivity contribution in [2.45, 2.75) is 116 Å². The van der Waals surface area contributed by atoms with Gasteiger partial charge in [0.15, 0.2) is 0 Å². The zero-order valence-electron chi connectivity index (χ0n) is 33.4. The van der Waals surface area contributed by atoms with E-state index in [1.165, 1.54) is 57.3 Å². The predicted molar refractivity (Wildman–Crippen MR) is 244 cm³/mol. The van der Waals surface area contributed by atoms with Crippen LogP contribution < -0.4 is 5.32 Å². The second kappa shape index (κ2) is 16.1. The molecule has 3 nitrogen and oxygen atoms in total. The van der Waals surface area contributed by atoms with Crippen LogP contribution >= 0.6 is 31.9 Å². The second-order valence-electron chi connectivity index (χ2n) is 16.3. The monoisotopic (exact) mass is 868 g/mol. The van der Waals surface area contributed by atoms with Gasteiger partial charge in [0.1, 0.15) is 5.69 Å². The number of carbonyl (C=O) groups is 1. The van der Waals surface area contributed by atoms with E-state index in [1.807, 2.05) is 6.07 Å². The number of hydrogen-bond acceptors (Lipinski definition) is 1. The van der Waals surface area contributed by atoms with E-state index in [-0.39, 0.29) is 16.7 Å². The zero-order valence-corrected chi connectivity index (χ0v) is 36.6. The number of benzene rings is 5. The number of nitrogens with one attached hydrogen (secondary N) is 1. The number of nitrogens with zero attached hydrogens (tertiary/aromatic N) is 1. The van der Waals surface area contributed by atoms with Gasteiger partial charge in [-0.2, -0.15) is 0 Å². The van der Waals surface area contributed by atoms with E-state index >= 15 is 0 Å². The number of fused-ring (bicyclic) bond motifs is 7. The quantitative estimate of drug-likeness (QED) is 0.110. The number of halogens is 2. The van der Waals surface area contributed by atoms with Crippen LogP contribution in [0.25, 0.3) is 38.7 Å². The van der Waals surface area contributed by atoms with Crippen molar-refractivity contribution in [3.8, 4) is 27.9 Å². The molecule has 288 valence electrons. The van der Waals surface area contributed by atoms with Gasteiger partial charge < -0.3 is 9.88 Å². The maximum atomic E-state index is 14.9. The van der Waals surface area contributed by atoms with E-state index in [9.17, 15) is 4.79 Å². The van der Waals surface area contributed by atoms with Crippen molar-refractivity contribution >= 4 is 54.2 Å². The highest BCUT2D eigenvalue weighted by Crippen LogP contribution is 2.57. The second-order valence-corrected chi connectivity index (χ2v) is 18.2. The Morgan fingerprint density at radius 3 is 1.57 bits per heavy atom. The van der Waals surface area contributed by atoms with Gasteiger partial charge in [0.05, 0.1) is 0 Å². The highest BCUT2D eigenvalue weighted by Gasteiger charge is 2.44. The van der Waals surface area contributed by atoms with Gasteiger partial charge >= 0.3 is 0 Å². The summed E-state index contributed by atoms with van der Waals surface area (Å²) >= 11 is 7.63. The predicted octanol–water partition coefficient (Wildman–Crippen LogP) is 15.7. The first-order valence-corrected chi connectivity index (χ1v) is 22.7. The summed E-state index contributed by atoms with van der Waals surface area (Å²) in [5, 5.41) is 5.45. The molecule has 8 rings (SSSR count). The van der Waals surface area contributed by atoms with E-state index in [4.69, 9.17) is 0 Å². The standard InChI is InChI=1S/C51H54Br2N2O/c1-5-9-25-50(26-10-6-2)44-29-35(52)17-21-40(44)42-23-19-37(31-46(42)50)54-49(56)48-39-16-14-13-15-34(39)33-55(48)38-20-24-43-41-22-18-36(53)30-45(41)51(27-11-7-3,28-12-8-4)47(43)32-38/h13-24,29-33H,5-12,25-28H2,1-4H3,(H,54,56). The summed E-state index contributed by atoms with van der Waals surface area (Å²) in [7, 11) is 0. The van der Waals surface area contributed by atoms with Crippen LogP contribution in [0.1, 0.15) is 137 Å². The molecule has 0 saturated heterocycles. The molecule has 1 heterocycles. The lowest BCUT2D eigenvalue weighted by Gasteiger charge is -2.33. The van der Waals surface area contributed by atoms with Crippen molar-refractivity contribution in [3.05, 3.63) is 140 Å². The molecule has 2 aliphatic carbocycles. The third kappa shape index (κ3) is 6.61. The summed E-state index contributed by atoms with van der Waals surface area (Å²) in [6, 6.07) is 35.6. The Morgan fingerprint density at radius 2 is 1.04 bits per heavy atom. The average molecular weight is 871 g/mol. The minimum Gasteiger partial charge on any atom is -0.321 e. The number of hydrogen-bond donors (Lipinski definition) is 1. The third-order valence-corrected chi connectivity index (χ3v) is 13.9. The van der Waals surface area contributed by atoms with E-state index in [1.54, 1.807) is 0 Å². The van der Waals surface area contributed by atoms with Crippen LogP contribution in [0.15, 0.2) is 112 Å². The fourth-order valence-corrected chi connectivity index (χ4v) is 10.9. The Bertz CT molecular complexity index is 2410. The Hall–Kier alpha value is -3.93. The molecule has 0 fully saturated rings. The van der Waals surface area contributed by atoms with E-state index < -0.39 is 0 Å². The first kappa shape index (κ1) is 38.9. The third-order valence-electron chi connectivity index (χ3n) is 12.9. The van der Waals surface area contributed by atoms with Crippen LogP contribution in [0.3, 0.4) is 0 Å². The molecule has 0 aliphatic heterocycles. The average Bonchev–Trinajstić information content (AvgIpc) is 3.82. The van der Waals surface area contributed by atoms with Crippen LogP contribution in [0.2, 0.25) is 0 Å². The van der Waals surface area contributed by atoms with Gasteiger partial charge in [-0.05, 0) is 119 Å². The molecule has 56 heavy (non-hydrogen) atoms. The smallest absolute Gasteiger partial charge is 0.273 e. The van der Waals surface area contributed by atoms with Crippen molar-refractivity contribution in [1.29, 1.82) is 0 Å². The molecule has 6 aromatic rings. The Balaban J connectivity index is 1.22. The minimum atomic E-state index is -0.0898. The van der Waals surface area contributed by atoms with Crippen molar-refractivity contribution < 1.29 is 4.79 Å². The summed E-state index contributed by atoms with van der Waals surface area (Å²) in [6.07, 6.45) is 15.8. The molecule has 0 bridgehead atoms. The molecular weight excluding hydrogens is 816 g/mol. The van der Waals surface area contributed by atoms with E-state index in [0.717, 1.165) is 95.3 Å². The maximum Gasteiger partial charge on any atom is 0.273 e. The van der Waals surface area contributed by atoms with Gasteiger partial charge in [-0.25, -0.2) is 0 Å². The van der Waals surface area contributed by atoms with Gasteiger partial charge in [-0.15, -0.1) is 0 Å². The van der Waals surface area contributed by atoms with Crippen molar-refractivity contribution in [3.63, 3.8) is 0 Å². The first-order chi connectivity index (χ1) is 27.3. The van der Waals surface area contributed by atoms with Crippen LogP contribution in [-0.4, -0.2) is 10.5 Å². The molecule has 1 amide bonds. The summed E-state index contributed by atoms with van der Waals surface area (Å²) in [5.74, 6) is -0.0898. The van der Waals surface area contributed by atoms with Crippen molar-refractivity contribution in [2.75, 3.05) is 5.32 Å². The van der Waals surface area contributed by atoms with Gasteiger partial charge in [-0.3, -0.25) is 4.79 Å². The topological polar surface area (TPSA) is 34.0 Å². The zero-order chi connectivity index (χ0) is 39.0. The molecule has 0 saturated carbocycles. The molecule has 5 aromatic carbocycles.